The summed E-state index contributed by atoms with van der Waals surface area (Å²) in [5.74, 6) is -0.168. The number of benzene rings is 2. The molecule has 29 heavy (non-hydrogen) atoms. The SMILES string of the molecule is CC(C)(C)C(=O)O[C@@]1(C)CCN(c2ccc(N=Nc3ccc(C=O)cc3)cc2)C1. The van der Waals surface area contributed by atoms with Gasteiger partial charge in [-0.05, 0) is 76.2 Å². The Kier molecular flexibility index (Phi) is 5.82. The number of anilines is 1. The van der Waals surface area contributed by atoms with E-state index in [4.69, 9.17) is 4.74 Å². The third-order valence-electron chi connectivity index (χ3n) is 4.91. The molecule has 0 bridgehead atoms. The third-order valence-corrected chi connectivity index (χ3v) is 4.91. The van der Waals surface area contributed by atoms with E-state index in [-0.39, 0.29) is 5.97 Å². The molecule has 0 aliphatic carbocycles. The molecule has 0 N–H and O–H groups in total. The van der Waals surface area contributed by atoms with Gasteiger partial charge in [0.1, 0.15) is 11.9 Å². The van der Waals surface area contributed by atoms with Gasteiger partial charge in [0, 0.05) is 24.2 Å². The smallest absolute Gasteiger partial charge is 0.311 e. The molecule has 1 aliphatic heterocycles. The third kappa shape index (κ3) is 5.28. The van der Waals surface area contributed by atoms with E-state index in [1.807, 2.05) is 52.0 Å². The molecule has 0 spiro atoms. The number of esters is 1. The van der Waals surface area contributed by atoms with Gasteiger partial charge in [0.15, 0.2) is 0 Å². The van der Waals surface area contributed by atoms with Gasteiger partial charge in [-0.15, -0.1) is 0 Å². The molecule has 1 saturated heterocycles. The summed E-state index contributed by atoms with van der Waals surface area (Å²) in [6, 6.07) is 14.8. The lowest BCUT2D eigenvalue weighted by molar-refractivity contribution is -0.165. The second kappa shape index (κ2) is 8.15. The van der Waals surface area contributed by atoms with Crippen molar-refractivity contribution in [3.63, 3.8) is 0 Å². The molecule has 1 heterocycles. The van der Waals surface area contributed by atoms with Crippen LogP contribution >= 0.6 is 0 Å². The first-order chi connectivity index (χ1) is 13.7. The van der Waals surface area contributed by atoms with E-state index >= 15 is 0 Å². The number of carbonyl (C=O) groups is 2. The number of hydrogen-bond acceptors (Lipinski definition) is 6. The maximum Gasteiger partial charge on any atom is 0.311 e. The number of aldehydes is 1. The number of hydrogen-bond donors (Lipinski definition) is 0. The molecule has 1 aliphatic rings. The lowest BCUT2D eigenvalue weighted by atomic mass is 9.96. The maximum absolute atomic E-state index is 12.3. The maximum atomic E-state index is 12.3. The van der Waals surface area contributed by atoms with Gasteiger partial charge < -0.3 is 9.64 Å². The van der Waals surface area contributed by atoms with Crippen LogP contribution in [0.1, 0.15) is 44.5 Å². The van der Waals surface area contributed by atoms with Gasteiger partial charge in [-0.3, -0.25) is 9.59 Å². The molecular weight excluding hydrogens is 366 g/mol. The molecule has 1 atom stereocenters. The number of azo groups is 1. The average Bonchev–Trinajstić information content (AvgIpc) is 3.08. The van der Waals surface area contributed by atoms with E-state index in [0.717, 1.165) is 30.6 Å². The summed E-state index contributed by atoms with van der Waals surface area (Å²) in [5.41, 5.74) is 2.13. The summed E-state index contributed by atoms with van der Waals surface area (Å²) >= 11 is 0. The zero-order valence-electron chi connectivity index (χ0n) is 17.4. The molecule has 0 radical (unpaired) electrons. The minimum atomic E-state index is -0.503. The monoisotopic (exact) mass is 393 g/mol. The van der Waals surface area contributed by atoms with E-state index in [2.05, 4.69) is 15.1 Å². The molecule has 3 rings (SSSR count). The number of rotatable bonds is 5. The van der Waals surface area contributed by atoms with Gasteiger partial charge in [-0.1, -0.05) is 0 Å². The van der Waals surface area contributed by atoms with Crippen LogP contribution in [-0.2, 0) is 9.53 Å². The highest BCUT2D eigenvalue weighted by Crippen LogP contribution is 2.32. The van der Waals surface area contributed by atoms with E-state index in [1.54, 1.807) is 24.3 Å². The zero-order chi connectivity index (χ0) is 21.1. The van der Waals surface area contributed by atoms with Crippen molar-refractivity contribution in [2.45, 2.75) is 39.7 Å². The summed E-state index contributed by atoms with van der Waals surface area (Å²) in [5, 5.41) is 8.44. The van der Waals surface area contributed by atoms with Crippen molar-refractivity contribution in [2.24, 2.45) is 15.6 Å². The van der Waals surface area contributed by atoms with Crippen LogP contribution in [0.2, 0.25) is 0 Å². The van der Waals surface area contributed by atoms with Crippen LogP contribution in [0.4, 0.5) is 17.1 Å². The Morgan fingerprint density at radius 3 is 2.10 bits per heavy atom. The van der Waals surface area contributed by atoms with E-state index in [1.165, 1.54) is 0 Å². The van der Waals surface area contributed by atoms with Gasteiger partial charge in [-0.25, -0.2) is 0 Å². The topological polar surface area (TPSA) is 71.3 Å². The predicted molar refractivity (Wildman–Crippen MR) is 113 cm³/mol. The van der Waals surface area contributed by atoms with Crippen LogP contribution in [0.15, 0.2) is 58.8 Å². The van der Waals surface area contributed by atoms with Gasteiger partial charge in [-0.2, -0.15) is 10.2 Å². The fraction of sp³-hybridized carbons (Fsp3) is 0.391. The van der Waals surface area contributed by atoms with Crippen molar-refractivity contribution in [3.8, 4) is 0 Å². The van der Waals surface area contributed by atoms with Crippen LogP contribution in [0.5, 0.6) is 0 Å². The molecule has 2 aromatic rings. The Bertz CT molecular complexity index is 898. The molecule has 0 saturated carbocycles. The van der Waals surface area contributed by atoms with E-state index < -0.39 is 11.0 Å². The van der Waals surface area contributed by atoms with Gasteiger partial charge in [0.2, 0.25) is 0 Å². The molecule has 152 valence electrons. The Balaban J connectivity index is 1.62. The second-order valence-corrected chi connectivity index (χ2v) is 8.69. The first-order valence-corrected chi connectivity index (χ1v) is 9.74. The molecular formula is C23H27N3O3. The van der Waals surface area contributed by atoms with E-state index in [0.29, 0.717) is 17.8 Å². The number of carbonyl (C=O) groups excluding carboxylic acids is 2. The highest BCUT2D eigenvalue weighted by Gasteiger charge is 2.39. The molecule has 0 amide bonds. The van der Waals surface area contributed by atoms with Crippen molar-refractivity contribution < 1.29 is 14.3 Å². The summed E-state index contributed by atoms with van der Waals surface area (Å²) in [4.78, 5) is 25.2. The summed E-state index contributed by atoms with van der Waals surface area (Å²) < 4.78 is 5.81. The quantitative estimate of drug-likeness (QED) is 0.383. The molecule has 0 aromatic heterocycles. The molecule has 6 nitrogen and oxygen atoms in total. The zero-order valence-corrected chi connectivity index (χ0v) is 17.4. The molecule has 2 aromatic carbocycles. The second-order valence-electron chi connectivity index (χ2n) is 8.69. The number of nitrogens with zero attached hydrogens (tertiary/aromatic N) is 3. The molecule has 0 unspecified atom stereocenters. The summed E-state index contributed by atoms with van der Waals surface area (Å²) in [6.07, 6.45) is 1.60. The normalized spacial score (nSPS) is 19.5. The van der Waals surface area contributed by atoms with Gasteiger partial charge in [0.25, 0.3) is 0 Å². The van der Waals surface area contributed by atoms with Gasteiger partial charge in [0.05, 0.1) is 23.3 Å². The van der Waals surface area contributed by atoms with Gasteiger partial charge >= 0.3 is 5.97 Å². The Hall–Kier alpha value is -3.02. The standard InChI is InChI=1S/C23H27N3O3/c1-22(2,3)21(28)29-23(4)13-14-26(16-23)20-11-9-19(10-12-20)25-24-18-7-5-17(15-27)6-8-18/h5-12,15H,13-14,16H2,1-4H3/t23-/m0/s1. The minimum Gasteiger partial charge on any atom is -0.457 e. The first kappa shape index (κ1) is 20.7. The fourth-order valence-corrected chi connectivity index (χ4v) is 3.08. The summed E-state index contributed by atoms with van der Waals surface area (Å²) in [7, 11) is 0. The Morgan fingerprint density at radius 2 is 1.59 bits per heavy atom. The summed E-state index contributed by atoms with van der Waals surface area (Å²) in [6.45, 7) is 9.10. The minimum absolute atomic E-state index is 0.168. The van der Waals surface area contributed by atoms with Crippen LogP contribution in [0.25, 0.3) is 0 Å². The van der Waals surface area contributed by atoms with Crippen molar-refractivity contribution in [2.75, 3.05) is 18.0 Å². The van der Waals surface area contributed by atoms with E-state index in [9.17, 15) is 9.59 Å². The Morgan fingerprint density at radius 1 is 1.03 bits per heavy atom. The van der Waals surface area contributed by atoms with Crippen LogP contribution in [-0.4, -0.2) is 30.9 Å². The van der Waals surface area contributed by atoms with Crippen molar-refractivity contribution in [1.29, 1.82) is 0 Å². The van der Waals surface area contributed by atoms with Crippen LogP contribution < -0.4 is 4.90 Å². The highest BCUT2D eigenvalue weighted by atomic mass is 16.6. The van der Waals surface area contributed by atoms with Crippen molar-refractivity contribution in [1.82, 2.24) is 0 Å². The molecule has 6 heteroatoms. The predicted octanol–water partition coefficient (Wildman–Crippen LogP) is 5.47. The largest absolute Gasteiger partial charge is 0.457 e. The lowest BCUT2D eigenvalue weighted by Crippen LogP contribution is -2.39. The first-order valence-electron chi connectivity index (χ1n) is 9.74. The van der Waals surface area contributed by atoms with Crippen molar-refractivity contribution in [3.05, 3.63) is 54.1 Å². The Labute approximate surface area is 171 Å². The fourth-order valence-electron chi connectivity index (χ4n) is 3.08. The molecule has 1 fully saturated rings. The van der Waals surface area contributed by atoms with Crippen LogP contribution in [0.3, 0.4) is 0 Å². The highest BCUT2D eigenvalue weighted by molar-refractivity contribution is 5.76. The lowest BCUT2D eigenvalue weighted by Gasteiger charge is -2.29. The average molecular weight is 393 g/mol. The number of ether oxygens (including phenoxy) is 1. The van der Waals surface area contributed by atoms with Crippen molar-refractivity contribution >= 4 is 29.3 Å². The van der Waals surface area contributed by atoms with Crippen LogP contribution in [0, 0.1) is 5.41 Å².